The molecular formula is C13H14ClNO. The van der Waals surface area contributed by atoms with Crippen LogP contribution in [0.25, 0.3) is 10.9 Å². The number of epoxide rings is 1. The van der Waals surface area contributed by atoms with E-state index in [-0.39, 0.29) is 0 Å². The second-order valence-corrected chi connectivity index (χ2v) is 4.82. The highest BCUT2D eigenvalue weighted by molar-refractivity contribution is 6.35. The summed E-state index contributed by atoms with van der Waals surface area (Å²) < 4.78 is 7.58. The van der Waals surface area contributed by atoms with Crippen molar-refractivity contribution in [2.45, 2.75) is 26.5 Å². The summed E-state index contributed by atoms with van der Waals surface area (Å²) in [6.07, 6.45) is 0.380. The third-order valence-corrected chi connectivity index (χ3v) is 3.70. The standard InChI is InChI=1S/C13H14ClNO/c1-8-9(2)15(6-10-7-16-10)13-11(8)4-3-5-12(13)14/h3-5,10H,6-7H2,1-2H3. The minimum atomic E-state index is 0.380. The summed E-state index contributed by atoms with van der Waals surface area (Å²) in [4.78, 5) is 0. The molecule has 2 nitrogen and oxygen atoms in total. The first kappa shape index (κ1) is 10.2. The number of hydrogen-bond donors (Lipinski definition) is 0. The molecule has 0 spiro atoms. The Bertz CT molecular complexity index is 555. The normalized spacial score (nSPS) is 19.3. The van der Waals surface area contributed by atoms with Gasteiger partial charge in [-0.15, -0.1) is 0 Å². The molecule has 1 atom stereocenters. The summed E-state index contributed by atoms with van der Waals surface area (Å²) in [5.41, 5.74) is 3.76. The molecular weight excluding hydrogens is 222 g/mol. The van der Waals surface area contributed by atoms with Crippen molar-refractivity contribution in [3.63, 3.8) is 0 Å². The third-order valence-electron chi connectivity index (χ3n) is 3.40. The molecule has 1 fully saturated rings. The van der Waals surface area contributed by atoms with Gasteiger partial charge in [-0.3, -0.25) is 0 Å². The predicted octanol–water partition coefficient (Wildman–Crippen LogP) is 3.31. The number of rotatable bonds is 2. The molecule has 0 radical (unpaired) electrons. The van der Waals surface area contributed by atoms with E-state index in [4.69, 9.17) is 16.3 Å². The van der Waals surface area contributed by atoms with E-state index in [2.05, 4.69) is 24.5 Å². The fourth-order valence-corrected chi connectivity index (χ4v) is 2.54. The van der Waals surface area contributed by atoms with Crippen LogP contribution in [0, 0.1) is 13.8 Å². The molecule has 2 heterocycles. The van der Waals surface area contributed by atoms with E-state index >= 15 is 0 Å². The van der Waals surface area contributed by atoms with Gasteiger partial charge >= 0.3 is 0 Å². The average Bonchev–Trinajstić information content (AvgIpc) is 3.04. The van der Waals surface area contributed by atoms with Gasteiger partial charge in [-0.1, -0.05) is 23.7 Å². The maximum atomic E-state index is 6.29. The van der Waals surface area contributed by atoms with E-state index in [1.807, 2.05) is 12.1 Å². The van der Waals surface area contributed by atoms with Gasteiger partial charge in [-0.25, -0.2) is 0 Å². The van der Waals surface area contributed by atoms with Crippen molar-refractivity contribution in [2.75, 3.05) is 6.61 Å². The lowest BCUT2D eigenvalue weighted by atomic mass is 10.2. The Kier molecular flexibility index (Phi) is 2.23. The Morgan fingerprint density at radius 2 is 2.19 bits per heavy atom. The number of aromatic nitrogens is 1. The fraction of sp³-hybridized carbons (Fsp3) is 0.385. The Balaban J connectivity index is 2.27. The second kappa shape index (κ2) is 3.51. The zero-order chi connectivity index (χ0) is 11.3. The van der Waals surface area contributed by atoms with Gasteiger partial charge < -0.3 is 9.30 Å². The van der Waals surface area contributed by atoms with E-state index < -0.39 is 0 Å². The molecule has 84 valence electrons. The number of benzene rings is 1. The first-order valence-corrected chi connectivity index (χ1v) is 5.92. The molecule has 1 aliphatic heterocycles. The fourth-order valence-electron chi connectivity index (χ4n) is 2.26. The molecule has 3 rings (SSSR count). The van der Waals surface area contributed by atoms with E-state index in [9.17, 15) is 0 Å². The van der Waals surface area contributed by atoms with Crippen molar-refractivity contribution in [1.82, 2.24) is 4.57 Å². The lowest BCUT2D eigenvalue weighted by molar-refractivity contribution is 0.384. The zero-order valence-electron chi connectivity index (χ0n) is 9.46. The van der Waals surface area contributed by atoms with E-state index in [0.29, 0.717) is 6.10 Å². The zero-order valence-corrected chi connectivity index (χ0v) is 10.2. The lowest BCUT2D eigenvalue weighted by Gasteiger charge is -2.07. The number of para-hydroxylation sites is 1. The van der Waals surface area contributed by atoms with Crippen molar-refractivity contribution in [2.24, 2.45) is 0 Å². The van der Waals surface area contributed by atoms with Crippen LogP contribution in [0.5, 0.6) is 0 Å². The molecule has 2 aromatic rings. The molecule has 3 heteroatoms. The van der Waals surface area contributed by atoms with Gasteiger partial charge in [0.05, 0.1) is 29.8 Å². The molecule has 0 aliphatic carbocycles. The maximum absolute atomic E-state index is 6.29. The van der Waals surface area contributed by atoms with Crippen molar-refractivity contribution in [3.05, 3.63) is 34.5 Å². The minimum absolute atomic E-state index is 0.380. The smallest absolute Gasteiger partial charge is 0.0988 e. The summed E-state index contributed by atoms with van der Waals surface area (Å²) in [5, 5.41) is 2.08. The van der Waals surface area contributed by atoms with Gasteiger partial charge in [-0.05, 0) is 25.5 Å². The molecule has 1 aliphatic rings. The number of nitrogens with zero attached hydrogens (tertiary/aromatic N) is 1. The van der Waals surface area contributed by atoms with Crippen LogP contribution in [0.4, 0.5) is 0 Å². The molecule has 1 aromatic carbocycles. The molecule has 16 heavy (non-hydrogen) atoms. The predicted molar refractivity (Wildman–Crippen MR) is 66.2 cm³/mol. The summed E-state index contributed by atoms with van der Waals surface area (Å²) in [7, 11) is 0. The number of hydrogen-bond acceptors (Lipinski definition) is 1. The topological polar surface area (TPSA) is 17.5 Å². The minimum Gasteiger partial charge on any atom is -0.371 e. The van der Waals surface area contributed by atoms with Crippen LogP contribution >= 0.6 is 11.6 Å². The van der Waals surface area contributed by atoms with Gasteiger partial charge in [-0.2, -0.15) is 0 Å². The SMILES string of the molecule is Cc1c(C)n(CC2CO2)c2c(Cl)cccc12. The number of fused-ring (bicyclic) bond motifs is 1. The van der Waals surface area contributed by atoms with Crippen molar-refractivity contribution in [3.8, 4) is 0 Å². The third kappa shape index (κ3) is 1.45. The Morgan fingerprint density at radius 3 is 2.88 bits per heavy atom. The summed E-state index contributed by atoms with van der Waals surface area (Å²) >= 11 is 6.29. The van der Waals surface area contributed by atoms with Gasteiger partial charge in [0.2, 0.25) is 0 Å². The van der Waals surface area contributed by atoms with E-state index in [1.165, 1.54) is 16.6 Å². The quantitative estimate of drug-likeness (QED) is 0.730. The lowest BCUT2D eigenvalue weighted by Crippen LogP contribution is -2.05. The second-order valence-electron chi connectivity index (χ2n) is 4.41. The number of aryl methyl sites for hydroxylation is 1. The van der Waals surface area contributed by atoms with Crippen LogP contribution in [-0.2, 0) is 11.3 Å². The summed E-state index contributed by atoms with van der Waals surface area (Å²) in [6, 6.07) is 6.09. The van der Waals surface area contributed by atoms with Crippen molar-refractivity contribution >= 4 is 22.5 Å². The van der Waals surface area contributed by atoms with Gasteiger partial charge in [0, 0.05) is 11.1 Å². The largest absolute Gasteiger partial charge is 0.371 e. The van der Waals surface area contributed by atoms with Gasteiger partial charge in [0.15, 0.2) is 0 Å². The summed E-state index contributed by atoms with van der Waals surface area (Å²) in [5.74, 6) is 0. The van der Waals surface area contributed by atoms with Gasteiger partial charge in [0.25, 0.3) is 0 Å². The van der Waals surface area contributed by atoms with Crippen LogP contribution in [0.3, 0.4) is 0 Å². The van der Waals surface area contributed by atoms with Crippen LogP contribution < -0.4 is 0 Å². The highest BCUT2D eigenvalue weighted by Crippen LogP contribution is 2.31. The van der Waals surface area contributed by atoms with Crippen LogP contribution in [0.1, 0.15) is 11.3 Å². The molecule has 0 N–H and O–H groups in total. The average molecular weight is 236 g/mol. The molecule has 0 saturated carbocycles. The Labute approximate surface area is 99.8 Å². The first-order chi connectivity index (χ1) is 7.68. The highest BCUT2D eigenvalue weighted by atomic mass is 35.5. The van der Waals surface area contributed by atoms with Crippen molar-refractivity contribution in [1.29, 1.82) is 0 Å². The monoisotopic (exact) mass is 235 g/mol. The number of ether oxygens (including phenoxy) is 1. The molecule has 0 amide bonds. The first-order valence-electron chi connectivity index (χ1n) is 5.54. The van der Waals surface area contributed by atoms with Crippen LogP contribution in [0.2, 0.25) is 5.02 Å². The van der Waals surface area contributed by atoms with E-state index in [1.54, 1.807) is 0 Å². The number of halogens is 1. The van der Waals surface area contributed by atoms with E-state index in [0.717, 1.165) is 23.7 Å². The van der Waals surface area contributed by atoms with Crippen LogP contribution in [0.15, 0.2) is 18.2 Å². The van der Waals surface area contributed by atoms with Crippen LogP contribution in [-0.4, -0.2) is 17.3 Å². The maximum Gasteiger partial charge on any atom is 0.0988 e. The highest BCUT2D eigenvalue weighted by Gasteiger charge is 2.25. The van der Waals surface area contributed by atoms with Gasteiger partial charge in [0.1, 0.15) is 0 Å². The molecule has 1 saturated heterocycles. The molecule has 1 aromatic heterocycles. The Morgan fingerprint density at radius 1 is 1.44 bits per heavy atom. The molecule has 1 unspecified atom stereocenters. The molecule has 0 bridgehead atoms. The van der Waals surface area contributed by atoms with Crippen molar-refractivity contribution < 1.29 is 4.74 Å². The Hall–Kier alpha value is -0.990. The summed E-state index contributed by atoms with van der Waals surface area (Å²) in [6.45, 7) is 6.09.